The fourth-order valence-corrected chi connectivity index (χ4v) is 3.90. The maximum absolute atomic E-state index is 4.62. The first-order chi connectivity index (χ1) is 10.2. The number of rotatable bonds is 5. The number of piperazine rings is 1. The molecule has 2 atom stereocenters. The van der Waals surface area contributed by atoms with Gasteiger partial charge in [0.25, 0.3) is 0 Å². The highest BCUT2D eigenvalue weighted by Gasteiger charge is 2.42. The van der Waals surface area contributed by atoms with Crippen LogP contribution in [-0.4, -0.2) is 39.9 Å². The number of hydrogen-bond acceptors (Lipinski definition) is 3. The van der Waals surface area contributed by atoms with E-state index in [4.69, 9.17) is 0 Å². The smallest absolute Gasteiger partial charge is 0.0625 e. The van der Waals surface area contributed by atoms with Crippen molar-refractivity contribution < 1.29 is 0 Å². The molecule has 1 aromatic heterocycles. The number of aromatic nitrogens is 2. The Morgan fingerprint density at radius 2 is 2.00 bits per heavy atom. The average Bonchev–Trinajstić information content (AvgIpc) is 3.38. The van der Waals surface area contributed by atoms with E-state index in [-0.39, 0.29) is 0 Å². The van der Waals surface area contributed by atoms with Crippen LogP contribution in [0.5, 0.6) is 0 Å². The van der Waals surface area contributed by atoms with Crippen LogP contribution in [0.1, 0.15) is 44.0 Å². The molecular formula is C17H28N4. The van der Waals surface area contributed by atoms with Crippen LogP contribution in [-0.2, 0) is 20.0 Å². The van der Waals surface area contributed by atoms with Crippen molar-refractivity contribution in [3.63, 3.8) is 0 Å². The predicted molar refractivity (Wildman–Crippen MR) is 84.0 cm³/mol. The third kappa shape index (κ3) is 2.88. The molecule has 0 amide bonds. The molecule has 1 N–H and O–H groups in total. The molecule has 4 heteroatoms. The van der Waals surface area contributed by atoms with E-state index < -0.39 is 0 Å². The summed E-state index contributed by atoms with van der Waals surface area (Å²) in [6.07, 6.45) is 6.77. The van der Waals surface area contributed by atoms with Crippen molar-refractivity contribution in [1.29, 1.82) is 0 Å². The maximum atomic E-state index is 4.62. The molecule has 3 aliphatic rings. The molecule has 1 aliphatic heterocycles. The summed E-state index contributed by atoms with van der Waals surface area (Å²) in [6, 6.07) is 3.79. The molecule has 3 fully saturated rings. The molecule has 2 heterocycles. The predicted octanol–water partition coefficient (Wildman–Crippen LogP) is 1.94. The third-order valence-corrected chi connectivity index (χ3v) is 5.60. The van der Waals surface area contributed by atoms with Crippen molar-refractivity contribution in [2.24, 2.45) is 18.9 Å². The Kier molecular flexibility index (Phi) is 3.54. The molecule has 0 radical (unpaired) electrons. The lowest BCUT2D eigenvalue weighted by molar-refractivity contribution is 0.0978. The highest BCUT2D eigenvalue weighted by molar-refractivity contribution is 5.11. The lowest BCUT2D eigenvalue weighted by Gasteiger charge is -2.41. The van der Waals surface area contributed by atoms with Crippen molar-refractivity contribution in [2.45, 2.75) is 57.7 Å². The van der Waals surface area contributed by atoms with Crippen LogP contribution in [0.4, 0.5) is 0 Å². The lowest BCUT2D eigenvalue weighted by Crippen LogP contribution is -2.57. The summed E-state index contributed by atoms with van der Waals surface area (Å²) in [4.78, 5) is 2.76. The first-order valence-corrected chi connectivity index (χ1v) is 8.74. The van der Waals surface area contributed by atoms with Crippen LogP contribution in [0.3, 0.4) is 0 Å². The summed E-state index contributed by atoms with van der Waals surface area (Å²) >= 11 is 0. The van der Waals surface area contributed by atoms with Gasteiger partial charge in [-0.15, -0.1) is 0 Å². The Morgan fingerprint density at radius 1 is 1.24 bits per heavy atom. The van der Waals surface area contributed by atoms with Crippen molar-refractivity contribution in [3.05, 3.63) is 17.5 Å². The van der Waals surface area contributed by atoms with Gasteiger partial charge >= 0.3 is 0 Å². The molecule has 0 aromatic carbocycles. The molecule has 0 bridgehead atoms. The Balaban J connectivity index is 1.49. The van der Waals surface area contributed by atoms with Crippen molar-refractivity contribution >= 4 is 0 Å². The normalized spacial score (nSPS) is 30.8. The van der Waals surface area contributed by atoms with Gasteiger partial charge in [0, 0.05) is 38.8 Å². The van der Waals surface area contributed by atoms with Gasteiger partial charge in [0.1, 0.15) is 0 Å². The van der Waals surface area contributed by atoms with Crippen molar-refractivity contribution in [1.82, 2.24) is 20.0 Å². The Bertz CT molecular complexity index is 501. The monoisotopic (exact) mass is 288 g/mol. The number of nitrogens with zero attached hydrogens (tertiary/aromatic N) is 3. The highest BCUT2D eigenvalue weighted by Crippen LogP contribution is 2.40. The first-order valence-electron chi connectivity index (χ1n) is 8.74. The van der Waals surface area contributed by atoms with Crippen LogP contribution >= 0.6 is 0 Å². The van der Waals surface area contributed by atoms with E-state index in [0.717, 1.165) is 36.9 Å². The van der Waals surface area contributed by atoms with Gasteiger partial charge in [0.2, 0.25) is 0 Å². The Hall–Kier alpha value is -0.870. The zero-order valence-electron chi connectivity index (χ0n) is 13.4. The highest BCUT2D eigenvalue weighted by atomic mass is 15.3. The maximum Gasteiger partial charge on any atom is 0.0625 e. The van der Waals surface area contributed by atoms with Gasteiger partial charge in [-0.1, -0.05) is 6.92 Å². The standard InChI is InChI=1S/C17H28N4/c1-3-14-8-15(20(2)19-14)10-21-11-16(12-4-5-12)18-9-17(21)13-6-7-13/h8,12-13,16-18H,3-7,9-11H2,1-2H3. The minimum atomic E-state index is 0.735. The van der Waals surface area contributed by atoms with E-state index in [1.54, 1.807) is 0 Å². The summed E-state index contributed by atoms with van der Waals surface area (Å²) in [7, 11) is 2.10. The van der Waals surface area contributed by atoms with Crippen LogP contribution in [0, 0.1) is 11.8 Å². The molecule has 21 heavy (non-hydrogen) atoms. The molecule has 1 aromatic rings. The molecular weight excluding hydrogens is 260 g/mol. The molecule has 2 aliphatic carbocycles. The van der Waals surface area contributed by atoms with Gasteiger partial charge in [-0.05, 0) is 50.0 Å². The Morgan fingerprint density at radius 3 is 2.62 bits per heavy atom. The minimum absolute atomic E-state index is 0.735. The molecule has 4 rings (SSSR count). The molecule has 0 spiro atoms. The first kappa shape index (κ1) is 13.8. The summed E-state index contributed by atoms with van der Waals surface area (Å²) in [5.74, 6) is 1.89. The van der Waals surface area contributed by atoms with Gasteiger partial charge in [-0.2, -0.15) is 5.10 Å². The molecule has 2 unspecified atom stereocenters. The quantitative estimate of drug-likeness (QED) is 0.899. The van der Waals surface area contributed by atoms with Crippen LogP contribution in [0.15, 0.2) is 6.07 Å². The van der Waals surface area contributed by atoms with Gasteiger partial charge in [-0.25, -0.2) is 0 Å². The Labute approximate surface area is 127 Å². The van der Waals surface area contributed by atoms with Gasteiger partial charge < -0.3 is 5.32 Å². The molecule has 1 saturated heterocycles. The average molecular weight is 288 g/mol. The second-order valence-electron chi connectivity index (χ2n) is 7.29. The zero-order valence-corrected chi connectivity index (χ0v) is 13.4. The van der Waals surface area contributed by atoms with Crippen molar-refractivity contribution in [3.8, 4) is 0 Å². The van der Waals surface area contributed by atoms with E-state index in [1.165, 1.54) is 50.2 Å². The lowest BCUT2D eigenvalue weighted by atomic mass is 10.0. The van der Waals surface area contributed by atoms with Gasteiger partial charge in [0.15, 0.2) is 0 Å². The van der Waals surface area contributed by atoms with E-state index in [1.807, 2.05) is 0 Å². The second kappa shape index (κ2) is 5.40. The third-order valence-electron chi connectivity index (χ3n) is 5.60. The fourth-order valence-electron chi connectivity index (χ4n) is 3.90. The molecule has 4 nitrogen and oxygen atoms in total. The van der Waals surface area contributed by atoms with E-state index in [2.05, 4.69) is 40.0 Å². The van der Waals surface area contributed by atoms with Gasteiger partial charge in [-0.3, -0.25) is 9.58 Å². The van der Waals surface area contributed by atoms with E-state index >= 15 is 0 Å². The number of aryl methyl sites for hydroxylation is 2. The zero-order chi connectivity index (χ0) is 14.4. The minimum Gasteiger partial charge on any atom is -0.311 e. The number of hydrogen-bond donors (Lipinski definition) is 1. The summed E-state index contributed by atoms with van der Waals surface area (Å²) < 4.78 is 2.09. The molecule has 2 saturated carbocycles. The summed E-state index contributed by atoms with van der Waals surface area (Å²) in [5, 5.41) is 8.46. The van der Waals surface area contributed by atoms with Gasteiger partial charge in [0.05, 0.1) is 11.4 Å². The number of nitrogens with one attached hydrogen (secondary N) is 1. The fraction of sp³-hybridized carbons (Fsp3) is 0.824. The summed E-state index contributed by atoms with van der Waals surface area (Å²) in [6.45, 7) is 5.70. The summed E-state index contributed by atoms with van der Waals surface area (Å²) in [5.41, 5.74) is 2.61. The second-order valence-corrected chi connectivity index (χ2v) is 7.29. The van der Waals surface area contributed by atoms with Crippen LogP contribution < -0.4 is 5.32 Å². The molecule has 116 valence electrons. The van der Waals surface area contributed by atoms with Crippen LogP contribution in [0.2, 0.25) is 0 Å². The largest absolute Gasteiger partial charge is 0.311 e. The van der Waals surface area contributed by atoms with E-state index in [0.29, 0.717) is 0 Å². The van der Waals surface area contributed by atoms with Crippen LogP contribution in [0.25, 0.3) is 0 Å². The SMILES string of the molecule is CCc1cc(CN2CC(C3CC3)NCC2C2CC2)n(C)n1. The van der Waals surface area contributed by atoms with Crippen molar-refractivity contribution in [2.75, 3.05) is 13.1 Å². The van der Waals surface area contributed by atoms with E-state index in [9.17, 15) is 0 Å². The topological polar surface area (TPSA) is 33.1 Å².